The Kier molecular flexibility index (Phi) is 3.20. The minimum atomic E-state index is -0.778. The molecule has 19 heavy (non-hydrogen) atoms. The largest absolute Gasteiger partial charge is 0.494 e. The van der Waals surface area contributed by atoms with Crippen LogP contribution < -0.4 is 4.74 Å². The third-order valence-electron chi connectivity index (χ3n) is 2.68. The van der Waals surface area contributed by atoms with Crippen LogP contribution in [0.5, 0.6) is 5.75 Å². The number of ether oxygens (including phenoxy) is 1. The first-order valence-electron chi connectivity index (χ1n) is 5.49. The summed E-state index contributed by atoms with van der Waals surface area (Å²) in [5.41, 5.74) is 1.25. The minimum Gasteiger partial charge on any atom is -0.494 e. The Balaban J connectivity index is 2.73. The zero-order valence-corrected chi connectivity index (χ0v) is 10.7. The Bertz CT molecular complexity index is 652. The van der Waals surface area contributed by atoms with E-state index in [1.165, 1.54) is 17.9 Å². The molecule has 0 radical (unpaired) electrons. The molecule has 0 N–H and O–H groups in total. The van der Waals surface area contributed by atoms with E-state index in [9.17, 15) is 14.5 Å². The van der Waals surface area contributed by atoms with Crippen LogP contribution in [0.1, 0.15) is 11.4 Å². The summed E-state index contributed by atoms with van der Waals surface area (Å²) in [4.78, 5) is 10.4. The molecule has 2 rings (SSSR count). The molecule has 7 heteroatoms. The van der Waals surface area contributed by atoms with Gasteiger partial charge in [0.2, 0.25) is 0 Å². The van der Waals surface area contributed by atoms with Gasteiger partial charge in [0.1, 0.15) is 5.69 Å². The molecule has 0 aliphatic carbocycles. The Hall–Kier alpha value is -2.44. The van der Waals surface area contributed by atoms with E-state index in [0.717, 1.165) is 11.8 Å². The van der Waals surface area contributed by atoms with Crippen molar-refractivity contribution in [1.82, 2.24) is 9.78 Å². The van der Waals surface area contributed by atoms with E-state index < -0.39 is 10.7 Å². The van der Waals surface area contributed by atoms with E-state index in [1.54, 1.807) is 19.9 Å². The average molecular weight is 265 g/mol. The molecule has 1 heterocycles. The Morgan fingerprint density at radius 3 is 2.53 bits per heavy atom. The smallest absolute Gasteiger partial charge is 0.298 e. The third kappa shape index (κ3) is 2.26. The highest BCUT2D eigenvalue weighted by Gasteiger charge is 2.22. The van der Waals surface area contributed by atoms with Gasteiger partial charge in [0, 0.05) is 11.8 Å². The van der Waals surface area contributed by atoms with E-state index in [2.05, 4.69) is 5.10 Å². The summed E-state index contributed by atoms with van der Waals surface area (Å²) >= 11 is 0. The average Bonchev–Trinajstić information content (AvgIpc) is 2.68. The fraction of sp³-hybridized carbons (Fsp3) is 0.250. The number of aryl methyl sites for hydroxylation is 2. The predicted molar refractivity (Wildman–Crippen MR) is 66.2 cm³/mol. The van der Waals surface area contributed by atoms with Gasteiger partial charge in [-0.1, -0.05) is 0 Å². The molecule has 0 amide bonds. The molecule has 0 spiro atoms. The van der Waals surface area contributed by atoms with Crippen molar-refractivity contribution in [3.8, 4) is 11.4 Å². The molecular weight excluding hydrogens is 253 g/mol. The molecule has 0 aliphatic rings. The SMILES string of the molecule is COc1cc(-n2nc(C)cc2C)c([N+](=O)[O-])cc1F. The van der Waals surface area contributed by atoms with Crippen molar-refractivity contribution in [2.24, 2.45) is 0 Å². The van der Waals surface area contributed by atoms with Gasteiger partial charge >= 0.3 is 0 Å². The van der Waals surface area contributed by atoms with Gasteiger partial charge in [-0.25, -0.2) is 9.07 Å². The van der Waals surface area contributed by atoms with E-state index in [0.29, 0.717) is 5.69 Å². The molecule has 0 atom stereocenters. The summed E-state index contributed by atoms with van der Waals surface area (Å²) in [6.45, 7) is 3.54. The summed E-state index contributed by atoms with van der Waals surface area (Å²) in [7, 11) is 1.30. The van der Waals surface area contributed by atoms with Crippen LogP contribution in [0.4, 0.5) is 10.1 Å². The van der Waals surface area contributed by atoms with E-state index in [1.807, 2.05) is 0 Å². The molecule has 0 saturated carbocycles. The van der Waals surface area contributed by atoms with Gasteiger partial charge in [-0.05, 0) is 19.9 Å². The van der Waals surface area contributed by atoms with Crippen molar-refractivity contribution in [1.29, 1.82) is 0 Å². The predicted octanol–water partition coefficient (Wildman–Crippen LogP) is 2.55. The van der Waals surface area contributed by atoms with Gasteiger partial charge in [-0.2, -0.15) is 5.10 Å². The van der Waals surface area contributed by atoms with Crippen LogP contribution in [-0.4, -0.2) is 21.8 Å². The van der Waals surface area contributed by atoms with Crippen LogP contribution in [0, 0.1) is 29.8 Å². The molecule has 0 bridgehead atoms. The van der Waals surface area contributed by atoms with E-state index in [-0.39, 0.29) is 17.1 Å². The van der Waals surface area contributed by atoms with Gasteiger partial charge in [0.05, 0.1) is 23.8 Å². The van der Waals surface area contributed by atoms with Gasteiger partial charge in [0.25, 0.3) is 5.69 Å². The molecule has 0 saturated heterocycles. The number of methoxy groups -OCH3 is 1. The molecule has 0 aliphatic heterocycles. The lowest BCUT2D eigenvalue weighted by Gasteiger charge is -2.08. The highest BCUT2D eigenvalue weighted by atomic mass is 19.1. The molecule has 1 aromatic heterocycles. The second-order valence-corrected chi connectivity index (χ2v) is 4.07. The lowest BCUT2D eigenvalue weighted by atomic mass is 10.2. The molecule has 0 unspecified atom stereocenters. The monoisotopic (exact) mass is 265 g/mol. The van der Waals surface area contributed by atoms with Gasteiger partial charge < -0.3 is 4.74 Å². The quantitative estimate of drug-likeness (QED) is 0.631. The number of nitro groups is 1. The second kappa shape index (κ2) is 4.68. The highest BCUT2D eigenvalue weighted by Crippen LogP contribution is 2.30. The molecule has 1 aromatic carbocycles. The first kappa shape index (κ1) is 13.0. The first-order valence-corrected chi connectivity index (χ1v) is 5.49. The number of halogens is 1. The fourth-order valence-corrected chi connectivity index (χ4v) is 1.88. The normalized spacial score (nSPS) is 10.5. The maximum absolute atomic E-state index is 13.6. The van der Waals surface area contributed by atoms with E-state index >= 15 is 0 Å². The summed E-state index contributed by atoms with van der Waals surface area (Å²) in [5.74, 6) is -0.840. The van der Waals surface area contributed by atoms with Crippen LogP contribution in [0.2, 0.25) is 0 Å². The highest BCUT2D eigenvalue weighted by molar-refractivity contribution is 5.56. The van der Waals surface area contributed by atoms with Crippen LogP contribution in [-0.2, 0) is 0 Å². The number of hydrogen-bond acceptors (Lipinski definition) is 4. The first-order chi connectivity index (χ1) is 8.93. The van der Waals surface area contributed by atoms with Crippen molar-refractivity contribution >= 4 is 5.69 Å². The standard InChI is InChI=1S/C12H12FN3O3/c1-7-4-8(2)15(14-7)10-6-12(19-3)9(13)5-11(10)16(17)18/h4-6H,1-3H3. The molecule has 0 fully saturated rings. The van der Waals surface area contributed by atoms with Crippen molar-refractivity contribution < 1.29 is 14.1 Å². The van der Waals surface area contributed by atoms with Crippen molar-refractivity contribution in [3.63, 3.8) is 0 Å². The maximum Gasteiger partial charge on any atom is 0.298 e. The molecular formula is C12H12FN3O3. The summed E-state index contributed by atoms with van der Waals surface area (Å²) in [6.07, 6.45) is 0. The van der Waals surface area contributed by atoms with Crippen molar-refractivity contribution in [2.45, 2.75) is 13.8 Å². The van der Waals surface area contributed by atoms with Crippen LogP contribution >= 0.6 is 0 Å². The summed E-state index contributed by atoms with van der Waals surface area (Å²) in [6, 6.07) is 3.89. The summed E-state index contributed by atoms with van der Waals surface area (Å²) < 4.78 is 19.8. The second-order valence-electron chi connectivity index (χ2n) is 4.07. The molecule has 100 valence electrons. The number of rotatable bonds is 3. The number of hydrogen-bond donors (Lipinski definition) is 0. The molecule has 6 nitrogen and oxygen atoms in total. The number of benzene rings is 1. The molecule has 2 aromatic rings. The van der Waals surface area contributed by atoms with Crippen molar-refractivity contribution in [3.05, 3.63) is 45.5 Å². The number of aromatic nitrogens is 2. The zero-order chi connectivity index (χ0) is 14.2. The van der Waals surface area contributed by atoms with Gasteiger partial charge in [-0.3, -0.25) is 10.1 Å². The minimum absolute atomic E-state index is 0.0619. The van der Waals surface area contributed by atoms with Gasteiger partial charge in [0.15, 0.2) is 11.6 Å². The van der Waals surface area contributed by atoms with E-state index in [4.69, 9.17) is 4.74 Å². The zero-order valence-electron chi connectivity index (χ0n) is 10.7. The number of nitrogens with zero attached hydrogens (tertiary/aromatic N) is 3. The van der Waals surface area contributed by atoms with Crippen LogP contribution in [0.3, 0.4) is 0 Å². The van der Waals surface area contributed by atoms with Gasteiger partial charge in [-0.15, -0.1) is 0 Å². The Morgan fingerprint density at radius 2 is 2.05 bits per heavy atom. The third-order valence-corrected chi connectivity index (χ3v) is 2.68. The Labute approximate surface area is 108 Å². The fourth-order valence-electron chi connectivity index (χ4n) is 1.88. The Morgan fingerprint density at radius 1 is 1.37 bits per heavy atom. The van der Waals surface area contributed by atoms with Crippen LogP contribution in [0.25, 0.3) is 5.69 Å². The topological polar surface area (TPSA) is 70.2 Å². The maximum atomic E-state index is 13.6. The number of nitro benzene ring substituents is 1. The van der Waals surface area contributed by atoms with Crippen molar-refractivity contribution in [2.75, 3.05) is 7.11 Å². The lowest BCUT2D eigenvalue weighted by Crippen LogP contribution is -2.05. The lowest BCUT2D eigenvalue weighted by molar-refractivity contribution is -0.384. The summed E-state index contributed by atoms with van der Waals surface area (Å²) in [5, 5.41) is 15.2. The van der Waals surface area contributed by atoms with Crippen LogP contribution in [0.15, 0.2) is 18.2 Å².